The molecule has 176 valence electrons. The maximum atomic E-state index is 13.2. The Kier molecular flexibility index (Phi) is 7.43. The van der Waals surface area contributed by atoms with Crippen molar-refractivity contribution in [3.63, 3.8) is 0 Å². The Labute approximate surface area is 195 Å². The van der Waals surface area contributed by atoms with Gasteiger partial charge in [-0.05, 0) is 78.5 Å². The zero-order valence-electron chi connectivity index (χ0n) is 19.9. The highest BCUT2D eigenvalue weighted by Gasteiger charge is 2.31. The average Bonchev–Trinajstić information content (AvgIpc) is 2.70. The van der Waals surface area contributed by atoms with E-state index in [2.05, 4.69) is 5.32 Å². The predicted molar refractivity (Wildman–Crippen MR) is 127 cm³/mol. The lowest BCUT2D eigenvalue weighted by Crippen LogP contribution is -2.48. The lowest BCUT2D eigenvalue weighted by molar-refractivity contribution is -0.115. The Morgan fingerprint density at radius 2 is 2.03 bits per heavy atom. The van der Waals surface area contributed by atoms with Gasteiger partial charge in [0.2, 0.25) is 5.91 Å². The van der Waals surface area contributed by atoms with E-state index in [1.165, 1.54) is 11.8 Å². The minimum atomic E-state index is -0.545. The highest BCUT2D eigenvalue weighted by molar-refractivity contribution is 8.00. The molecule has 0 bridgehead atoms. The summed E-state index contributed by atoms with van der Waals surface area (Å²) in [4.78, 5) is 42.5. The summed E-state index contributed by atoms with van der Waals surface area (Å²) in [6.45, 7) is 13.3. The molecule has 7 nitrogen and oxygen atoms in total. The molecular formula is C24H35N3O4S. The molecule has 32 heavy (non-hydrogen) atoms. The second-order valence-electron chi connectivity index (χ2n) is 9.95. The maximum Gasteiger partial charge on any atom is 0.410 e. The number of nitrogens with one attached hydrogen (secondary N) is 1. The summed E-state index contributed by atoms with van der Waals surface area (Å²) in [5.41, 5.74) is 0.734. The van der Waals surface area contributed by atoms with Crippen LogP contribution in [0.4, 0.5) is 10.5 Å². The largest absolute Gasteiger partial charge is 0.444 e. The molecule has 2 aliphatic heterocycles. The van der Waals surface area contributed by atoms with E-state index in [4.69, 9.17) is 4.74 Å². The number of nitrogens with zero attached hydrogens (tertiary/aromatic N) is 2. The topological polar surface area (TPSA) is 79.0 Å². The van der Waals surface area contributed by atoms with Gasteiger partial charge in [-0.2, -0.15) is 0 Å². The van der Waals surface area contributed by atoms with Crippen LogP contribution in [0.1, 0.15) is 64.7 Å². The number of amides is 3. The van der Waals surface area contributed by atoms with E-state index in [1.54, 1.807) is 11.0 Å². The molecule has 0 aliphatic carbocycles. The zero-order chi connectivity index (χ0) is 23.6. The number of thioether (sulfide) groups is 1. The number of hydrogen-bond donors (Lipinski definition) is 1. The fourth-order valence-electron chi connectivity index (χ4n) is 4.02. The van der Waals surface area contributed by atoms with Gasteiger partial charge >= 0.3 is 6.09 Å². The van der Waals surface area contributed by atoms with E-state index in [0.29, 0.717) is 30.9 Å². The van der Waals surface area contributed by atoms with Gasteiger partial charge in [0.15, 0.2) is 0 Å². The minimum Gasteiger partial charge on any atom is -0.444 e. The monoisotopic (exact) mass is 461 g/mol. The molecule has 3 amide bonds. The average molecular weight is 462 g/mol. The Bertz CT molecular complexity index is 880. The number of anilines is 1. The number of piperidine rings is 1. The zero-order valence-corrected chi connectivity index (χ0v) is 20.8. The molecule has 1 fully saturated rings. The van der Waals surface area contributed by atoms with Gasteiger partial charge in [-0.1, -0.05) is 0 Å². The first-order chi connectivity index (χ1) is 14.9. The van der Waals surface area contributed by atoms with E-state index >= 15 is 0 Å². The third kappa shape index (κ3) is 5.97. The van der Waals surface area contributed by atoms with E-state index < -0.39 is 5.60 Å². The van der Waals surface area contributed by atoms with Gasteiger partial charge in [0.05, 0.1) is 10.9 Å². The van der Waals surface area contributed by atoms with Crippen molar-refractivity contribution in [2.75, 3.05) is 25.0 Å². The Hall–Kier alpha value is -2.22. The molecule has 2 unspecified atom stereocenters. The summed E-state index contributed by atoms with van der Waals surface area (Å²) in [6.07, 6.45) is 1.55. The third-order valence-corrected chi connectivity index (χ3v) is 6.85. The first kappa shape index (κ1) is 24.4. The van der Waals surface area contributed by atoms with Crippen LogP contribution in [0, 0.1) is 5.92 Å². The van der Waals surface area contributed by atoms with E-state index in [1.807, 2.05) is 58.6 Å². The number of rotatable bonds is 4. The molecule has 1 aromatic carbocycles. The summed E-state index contributed by atoms with van der Waals surface area (Å²) in [5, 5.41) is 2.76. The third-order valence-electron chi connectivity index (χ3n) is 5.67. The van der Waals surface area contributed by atoms with Crippen LogP contribution >= 0.6 is 11.8 Å². The van der Waals surface area contributed by atoms with Crippen LogP contribution in [0.3, 0.4) is 0 Å². The maximum absolute atomic E-state index is 13.2. The van der Waals surface area contributed by atoms with Crippen molar-refractivity contribution in [1.29, 1.82) is 0 Å². The molecule has 0 spiro atoms. The van der Waals surface area contributed by atoms with Crippen LogP contribution in [0.15, 0.2) is 23.1 Å². The second kappa shape index (κ2) is 9.73. The standard InChI is InChI=1S/C24H35N3O4S/c1-15(2)27(23(30)31-24(4,5)6)14-17-8-7-11-26(13-17)22(29)18-9-10-20-19(12-18)25-21(28)16(3)32-20/h9-10,12,15-17H,7-8,11,13-14H2,1-6H3,(H,25,28). The first-order valence-electron chi connectivity index (χ1n) is 11.3. The SMILES string of the molecule is CC1Sc2ccc(C(=O)N3CCCC(CN(C(=O)OC(C)(C)C)C(C)C)C3)cc2NC1=O. The van der Waals surface area contributed by atoms with Crippen molar-refractivity contribution in [1.82, 2.24) is 9.80 Å². The Morgan fingerprint density at radius 3 is 2.69 bits per heavy atom. The Morgan fingerprint density at radius 1 is 1.31 bits per heavy atom. The van der Waals surface area contributed by atoms with Crippen molar-refractivity contribution in [3.8, 4) is 0 Å². The summed E-state index contributed by atoms with van der Waals surface area (Å²) >= 11 is 1.51. The van der Waals surface area contributed by atoms with Gasteiger partial charge in [0, 0.05) is 36.1 Å². The van der Waals surface area contributed by atoms with E-state index in [9.17, 15) is 14.4 Å². The molecule has 2 atom stereocenters. The lowest BCUT2D eigenvalue weighted by atomic mass is 9.96. The molecule has 3 rings (SSSR count). The lowest BCUT2D eigenvalue weighted by Gasteiger charge is -2.37. The van der Waals surface area contributed by atoms with Crippen LogP contribution in [-0.4, -0.2) is 64.2 Å². The van der Waals surface area contributed by atoms with E-state index in [-0.39, 0.29) is 35.1 Å². The molecule has 0 aromatic heterocycles. The molecule has 8 heteroatoms. The van der Waals surface area contributed by atoms with Crippen molar-refractivity contribution in [2.24, 2.45) is 5.92 Å². The quantitative estimate of drug-likeness (QED) is 0.708. The number of hydrogen-bond acceptors (Lipinski definition) is 5. The smallest absolute Gasteiger partial charge is 0.410 e. The second-order valence-corrected chi connectivity index (χ2v) is 11.3. The molecule has 0 saturated carbocycles. The van der Waals surface area contributed by atoms with Crippen LogP contribution in [0.25, 0.3) is 0 Å². The predicted octanol–water partition coefficient (Wildman–Crippen LogP) is 4.62. The fourth-order valence-corrected chi connectivity index (χ4v) is 4.95. The van der Waals surface area contributed by atoms with E-state index in [0.717, 1.165) is 17.7 Å². The number of benzene rings is 1. The van der Waals surface area contributed by atoms with Crippen LogP contribution in [0.5, 0.6) is 0 Å². The van der Waals surface area contributed by atoms with Crippen LogP contribution in [0.2, 0.25) is 0 Å². The number of fused-ring (bicyclic) bond motifs is 1. The molecule has 1 N–H and O–H groups in total. The first-order valence-corrected chi connectivity index (χ1v) is 12.2. The highest BCUT2D eigenvalue weighted by atomic mass is 32.2. The summed E-state index contributed by atoms with van der Waals surface area (Å²) < 4.78 is 5.59. The number of carbonyl (C=O) groups is 3. The summed E-state index contributed by atoms with van der Waals surface area (Å²) in [5.74, 6) is 0.112. The molecule has 0 radical (unpaired) electrons. The highest BCUT2D eigenvalue weighted by Crippen LogP contribution is 2.36. The van der Waals surface area contributed by atoms with Gasteiger partial charge < -0.3 is 19.9 Å². The molecule has 2 heterocycles. The molecule has 1 aromatic rings. The Balaban J connectivity index is 1.67. The number of carbonyl (C=O) groups excluding carboxylic acids is 3. The fraction of sp³-hybridized carbons (Fsp3) is 0.625. The van der Waals surface area contributed by atoms with Crippen LogP contribution in [-0.2, 0) is 9.53 Å². The summed E-state index contributed by atoms with van der Waals surface area (Å²) in [6, 6.07) is 5.54. The van der Waals surface area contributed by atoms with Gasteiger partial charge in [0.25, 0.3) is 5.91 Å². The van der Waals surface area contributed by atoms with Gasteiger partial charge in [0.1, 0.15) is 5.60 Å². The molecular weight excluding hydrogens is 426 g/mol. The van der Waals surface area contributed by atoms with Crippen molar-refractivity contribution in [2.45, 2.75) is 76.2 Å². The molecule has 1 saturated heterocycles. The van der Waals surface area contributed by atoms with Crippen molar-refractivity contribution >= 4 is 35.4 Å². The minimum absolute atomic E-state index is 0.0140. The molecule has 2 aliphatic rings. The normalized spacial score (nSPS) is 21.1. The number of ether oxygens (including phenoxy) is 1. The van der Waals surface area contributed by atoms with Gasteiger partial charge in [-0.3, -0.25) is 9.59 Å². The number of likely N-dealkylation sites (tertiary alicyclic amines) is 1. The van der Waals surface area contributed by atoms with Gasteiger partial charge in [-0.25, -0.2) is 4.79 Å². The van der Waals surface area contributed by atoms with Crippen molar-refractivity contribution < 1.29 is 19.1 Å². The van der Waals surface area contributed by atoms with Gasteiger partial charge in [-0.15, -0.1) is 11.8 Å². The van der Waals surface area contributed by atoms with Crippen molar-refractivity contribution in [3.05, 3.63) is 23.8 Å². The summed E-state index contributed by atoms with van der Waals surface area (Å²) in [7, 11) is 0. The van der Waals surface area contributed by atoms with Crippen LogP contribution < -0.4 is 5.32 Å².